The number of rotatable bonds is 5. The Morgan fingerprint density at radius 3 is 2.52 bits per heavy atom. The Labute approximate surface area is 129 Å². The number of nitrogens with one attached hydrogen (secondary N) is 1. The van der Waals surface area contributed by atoms with Gasteiger partial charge in [0, 0.05) is 23.7 Å². The quantitative estimate of drug-likeness (QED) is 0.911. The smallest absolute Gasteiger partial charge is 0.110 e. The van der Waals surface area contributed by atoms with Crippen LogP contribution in [0.2, 0.25) is 0 Å². The van der Waals surface area contributed by atoms with Crippen molar-refractivity contribution in [3.8, 4) is 6.07 Å². The molecule has 2 heterocycles. The van der Waals surface area contributed by atoms with E-state index < -0.39 is 0 Å². The highest BCUT2D eigenvalue weighted by atomic mass is 32.1. The molecule has 3 rings (SSSR count). The van der Waals surface area contributed by atoms with Gasteiger partial charge in [-0.2, -0.15) is 5.26 Å². The Kier molecular flexibility index (Phi) is 4.54. The molecule has 0 saturated carbocycles. The van der Waals surface area contributed by atoms with Gasteiger partial charge in [-0.3, -0.25) is 4.90 Å². The van der Waals surface area contributed by atoms with Crippen LogP contribution in [-0.4, -0.2) is 18.0 Å². The highest BCUT2D eigenvalue weighted by Gasteiger charge is 2.11. The maximum absolute atomic E-state index is 8.82. The molecule has 1 saturated heterocycles. The van der Waals surface area contributed by atoms with Crippen LogP contribution in [0.4, 0.5) is 5.69 Å². The first kappa shape index (κ1) is 14.1. The summed E-state index contributed by atoms with van der Waals surface area (Å²) in [6.07, 6.45) is 2.68. The molecule has 0 amide bonds. The second-order valence-electron chi connectivity index (χ2n) is 5.41. The van der Waals surface area contributed by atoms with E-state index in [1.54, 1.807) is 11.3 Å². The maximum atomic E-state index is 8.82. The summed E-state index contributed by atoms with van der Waals surface area (Å²) in [6.45, 7) is 4.31. The zero-order valence-corrected chi connectivity index (χ0v) is 12.8. The summed E-state index contributed by atoms with van der Waals surface area (Å²) in [5.41, 5.74) is 2.51. The van der Waals surface area contributed by atoms with Crippen molar-refractivity contribution in [3.63, 3.8) is 0 Å². The molecule has 2 aromatic rings. The van der Waals surface area contributed by atoms with E-state index in [2.05, 4.69) is 40.6 Å². The van der Waals surface area contributed by atoms with Crippen LogP contribution in [0.3, 0.4) is 0 Å². The third-order valence-corrected chi connectivity index (χ3v) is 4.79. The van der Waals surface area contributed by atoms with Gasteiger partial charge in [0.05, 0.1) is 0 Å². The largest absolute Gasteiger partial charge is 0.380 e. The molecule has 0 radical (unpaired) electrons. The second-order valence-corrected chi connectivity index (χ2v) is 6.58. The normalized spacial score (nSPS) is 15.0. The van der Waals surface area contributed by atoms with E-state index in [0.717, 1.165) is 23.7 Å². The Morgan fingerprint density at radius 2 is 1.86 bits per heavy atom. The van der Waals surface area contributed by atoms with Crippen LogP contribution in [0.1, 0.15) is 28.2 Å². The van der Waals surface area contributed by atoms with Gasteiger partial charge >= 0.3 is 0 Å². The van der Waals surface area contributed by atoms with Crippen LogP contribution >= 0.6 is 11.3 Å². The molecular formula is C17H19N3S. The first-order valence-electron chi connectivity index (χ1n) is 7.37. The molecule has 21 heavy (non-hydrogen) atoms. The minimum Gasteiger partial charge on any atom is -0.380 e. The van der Waals surface area contributed by atoms with E-state index in [4.69, 9.17) is 5.26 Å². The van der Waals surface area contributed by atoms with Crippen LogP contribution in [0, 0.1) is 11.3 Å². The molecule has 108 valence electrons. The molecule has 1 aromatic carbocycles. The number of anilines is 1. The van der Waals surface area contributed by atoms with Gasteiger partial charge in [0.15, 0.2) is 0 Å². The fraction of sp³-hybridized carbons (Fsp3) is 0.353. The van der Waals surface area contributed by atoms with Crippen LogP contribution in [0.15, 0.2) is 36.4 Å². The summed E-state index contributed by atoms with van der Waals surface area (Å²) in [5, 5.41) is 12.2. The van der Waals surface area contributed by atoms with Crippen molar-refractivity contribution < 1.29 is 0 Å². The zero-order valence-electron chi connectivity index (χ0n) is 12.0. The molecule has 1 aromatic heterocycles. The number of nitriles is 1. The van der Waals surface area contributed by atoms with Crippen LogP contribution < -0.4 is 5.32 Å². The van der Waals surface area contributed by atoms with Crippen molar-refractivity contribution in [2.75, 3.05) is 18.4 Å². The standard InChI is InChI=1S/C17H19N3S/c18-11-16-7-8-17(21-16)12-19-15-5-3-14(4-6-15)13-20-9-1-2-10-20/h3-8,19H,1-2,9-10,12-13H2. The lowest BCUT2D eigenvalue weighted by Gasteiger charge is -2.14. The topological polar surface area (TPSA) is 39.1 Å². The lowest BCUT2D eigenvalue weighted by atomic mass is 10.2. The van der Waals surface area contributed by atoms with Crippen molar-refractivity contribution in [2.45, 2.75) is 25.9 Å². The number of likely N-dealkylation sites (tertiary alicyclic amines) is 1. The molecular weight excluding hydrogens is 278 g/mol. The third-order valence-electron chi connectivity index (χ3n) is 3.80. The average molecular weight is 297 g/mol. The SMILES string of the molecule is N#Cc1ccc(CNc2ccc(CN3CCCC3)cc2)s1. The van der Waals surface area contributed by atoms with Gasteiger partial charge < -0.3 is 5.32 Å². The summed E-state index contributed by atoms with van der Waals surface area (Å²) in [4.78, 5) is 4.47. The van der Waals surface area contributed by atoms with E-state index in [0.29, 0.717) is 0 Å². The molecule has 1 fully saturated rings. The van der Waals surface area contributed by atoms with Gasteiger partial charge in [-0.05, 0) is 55.8 Å². The minimum atomic E-state index is 0.771. The molecule has 0 unspecified atom stereocenters. The Balaban J connectivity index is 1.53. The van der Waals surface area contributed by atoms with Crippen molar-refractivity contribution >= 4 is 17.0 Å². The highest BCUT2D eigenvalue weighted by molar-refractivity contribution is 7.12. The number of benzene rings is 1. The summed E-state index contributed by atoms with van der Waals surface area (Å²) < 4.78 is 0. The van der Waals surface area contributed by atoms with Crippen LogP contribution in [0.25, 0.3) is 0 Å². The predicted molar refractivity (Wildman–Crippen MR) is 87.3 cm³/mol. The Morgan fingerprint density at radius 1 is 1.10 bits per heavy atom. The average Bonchev–Trinajstić information content (AvgIpc) is 3.18. The minimum absolute atomic E-state index is 0.771. The van der Waals surface area contributed by atoms with E-state index >= 15 is 0 Å². The molecule has 0 aliphatic carbocycles. The van der Waals surface area contributed by atoms with Gasteiger partial charge in [-0.15, -0.1) is 11.3 Å². The fourth-order valence-electron chi connectivity index (χ4n) is 2.65. The lowest BCUT2D eigenvalue weighted by Crippen LogP contribution is -2.18. The number of hydrogen-bond donors (Lipinski definition) is 1. The first-order chi connectivity index (χ1) is 10.3. The Bertz CT molecular complexity index is 618. The van der Waals surface area contributed by atoms with E-state index in [1.165, 1.54) is 36.4 Å². The molecule has 1 N–H and O–H groups in total. The fourth-order valence-corrected chi connectivity index (χ4v) is 3.39. The lowest BCUT2D eigenvalue weighted by molar-refractivity contribution is 0.331. The zero-order chi connectivity index (χ0) is 14.5. The van der Waals surface area contributed by atoms with E-state index in [-0.39, 0.29) is 0 Å². The number of hydrogen-bond acceptors (Lipinski definition) is 4. The Hall–Kier alpha value is -1.83. The molecule has 1 aliphatic heterocycles. The van der Waals surface area contributed by atoms with Crippen LogP contribution in [0.5, 0.6) is 0 Å². The van der Waals surface area contributed by atoms with Gasteiger partial charge in [0.1, 0.15) is 10.9 Å². The summed E-state index contributed by atoms with van der Waals surface area (Å²) in [6, 6.07) is 14.8. The van der Waals surface area contributed by atoms with Gasteiger partial charge in [0.25, 0.3) is 0 Å². The van der Waals surface area contributed by atoms with Crippen molar-refractivity contribution in [2.24, 2.45) is 0 Å². The summed E-state index contributed by atoms with van der Waals surface area (Å²) in [5.74, 6) is 0. The second kappa shape index (κ2) is 6.75. The van der Waals surface area contributed by atoms with Gasteiger partial charge in [0.2, 0.25) is 0 Å². The van der Waals surface area contributed by atoms with Crippen LogP contribution in [-0.2, 0) is 13.1 Å². The molecule has 0 atom stereocenters. The van der Waals surface area contributed by atoms with Crippen molar-refractivity contribution in [3.05, 3.63) is 51.7 Å². The summed E-state index contributed by atoms with van der Waals surface area (Å²) >= 11 is 1.55. The first-order valence-corrected chi connectivity index (χ1v) is 8.19. The van der Waals surface area contributed by atoms with Gasteiger partial charge in [-0.25, -0.2) is 0 Å². The number of nitrogens with zero attached hydrogens (tertiary/aromatic N) is 2. The molecule has 0 bridgehead atoms. The molecule has 1 aliphatic rings. The maximum Gasteiger partial charge on any atom is 0.110 e. The van der Waals surface area contributed by atoms with Crippen molar-refractivity contribution in [1.29, 1.82) is 5.26 Å². The van der Waals surface area contributed by atoms with Gasteiger partial charge in [-0.1, -0.05) is 12.1 Å². The third kappa shape index (κ3) is 3.84. The monoisotopic (exact) mass is 297 g/mol. The predicted octanol–water partition coefficient (Wildman–Crippen LogP) is 3.83. The number of thiophene rings is 1. The molecule has 0 spiro atoms. The molecule has 4 heteroatoms. The molecule has 3 nitrogen and oxygen atoms in total. The van der Waals surface area contributed by atoms with Crippen molar-refractivity contribution in [1.82, 2.24) is 4.90 Å². The highest BCUT2D eigenvalue weighted by Crippen LogP contribution is 2.18. The summed E-state index contributed by atoms with van der Waals surface area (Å²) in [7, 11) is 0. The van der Waals surface area contributed by atoms with E-state index in [1.807, 2.05) is 12.1 Å². The van der Waals surface area contributed by atoms with E-state index in [9.17, 15) is 0 Å².